The number of rotatable bonds is 10. The van der Waals surface area contributed by atoms with Crippen molar-refractivity contribution in [3.05, 3.63) is 101 Å². The van der Waals surface area contributed by atoms with E-state index in [2.05, 4.69) is 26.2 Å². The number of methoxy groups -OCH3 is 1. The number of hydrogen-bond donors (Lipinski definition) is 2. The number of esters is 1. The minimum Gasteiger partial charge on any atom is -0.491 e. The van der Waals surface area contributed by atoms with Gasteiger partial charge in [0.2, 0.25) is 0 Å². The molecule has 5 rings (SSSR count). The standard InChI is InChI=1S/C32H29BrN2O5S/c1-20-27-30(41-29(20)31(36)38-2)26(22-13-7-4-8-14-22)28(35-27)24-15-9-10-16-25(24)39-19-23(17-33)34-32(37)40-18-21-11-5-3-6-12-21/h3-16,23,35H,17-19H2,1-2H3,(H,34,37)/t23-/m1/s1. The van der Waals surface area contributed by atoms with Gasteiger partial charge in [-0.25, -0.2) is 9.59 Å². The van der Waals surface area contributed by atoms with Crippen molar-refractivity contribution in [1.82, 2.24) is 10.3 Å². The van der Waals surface area contributed by atoms with Crippen LogP contribution in [0, 0.1) is 6.92 Å². The summed E-state index contributed by atoms with van der Waals surface area (Å²) in [5.74, 6) is 0.312. The molecule has 0 spiro atoms. The molecular weight excluding hydrogens is 604 g/mol. The number of aromatic amines is 1. The maximum atomic E-state index is 12.4. The second kappa shape index (κ2) is 13.1. The van der Waals surface area contributed by atoms with Gasteiger partial charge in [0.25, 0.3) is 0 Å². The van der Waals surface area contributed by atoms with Gasteiger partial charge in [0.1, 0.15) is 23.8 Å². The zero-order valence-electron chi connectivity index (χ0n) is 22.6. The van der Waals surface area contributed by atoms with Crippen molar-refractivity contribution in [2.24, 2.45) is 0 Å². The van der Waals surface area contributed by atoms with Crippen LogP contribution < -0.4 is 10.1 Å². The number of alkyl halides is 1. The first-order valence-electron chi connectivity index (χ1n) is 13.0. The summed E-state index contributed by atoms with van der Waals surface area (Å²) < 4.78 is 17.7. The second-order valence-electron chi connectivity index (χ2n) is 9.36. The van der Waals surface area contributed by atoms with Crippen LogP contribution in [0.3, 0.4) is 0 Å². The third kappa shape index (κ3) is 6.31. The van der Waals surface area contributed by atoms with Crippen molar-refractivity contribution in [3.63, 3.8) is 0 Å². The number of fused-ring (bicyclic) bond motifs is 1. The first-order valence-corrected chi connectivity index (χ1v) is 15.0. The molecule has 9 heteroatoms. The van der Waals surface area contributed by atoms with Crippen LogP contribution in [0.2, 0.25) is 0 Å². The molecule has 3 aromatic carbocycles. The van der Waals surface area contributed by atoms with E-state index in [1.807, 2.05) is 91.9 Å². The lowest BCUT2D eigenvalue weighted by atomic mass is 10.0. The third-order valence-electron chi connectivity index (χ3n) is 6.62. The maximum absolute atomic E-state index is 12.4. The number of carbonyl (C=O) groups excluding carboxylic acids is 2. The molecule has 0 saturated carbocycles. The lowest BCUT2D eigenvalue weighted by Gasteiger charge is -2.19. The van der Waals surface area contributed by atoms with Gasteiger partial charge in [-0.15, -0.1) is 11.3 Å². The number of halogens is 1. The number of aryl methyl sites for hydroxylation is 1. The van der Waals surface area contributed by atoms with E-state index in [1.54, 1.807) is 0 Å². The molecule has 0 aliphatic carbocycles. The molecule has 2 heterocycles. The molecule has 0 fully saturated rings. The number of ether oxygens (including phenoxy) is 3. The Morgan fingerprint density at radius 3 is 2.37 bits per heavy atom. The van der Waals surface area contributed by atoms with E-state index in [9.17, 15) is 9.59 Å². The highest BCUT2D eigenvalue weighted by Gasteiger charge is 2.25. The Bertz CT molecular complexity index is 1650. The lowest BCUT2D eigenvalue weighted by molar-refractivity contribution is 0.0605. The molecule has 1 amide bonds. The van der Waals surface area contributed by atoms with E-state index in [1.165, 1.54) is 18.4 Å². The highest BCUT2D eigenvalue weighted by molar-refractivity contribution is 9.09. The fraction of sp³-hybridized carbons (Fsp3) is 0.188. The fourth-order valence-electron chi connectivity index (χ4n) is 4.56. The number of carbonyl (C=O) groups is 2. The Balaban J connectivity index is 1.41. The van der Waals surface area contributed by atoms with E-state index in [0.29, 0.717) is 16.0 Å². The quantitative estimate of drug-likeness (QED) is 0.121. The SMILES string of the molecule is COC(=O)c1sc2c(-c3ccccc3)c(-c3ccccc3OC[C@@H](CBr)NC(=O)OCc3ccccc3)[nH]c2c1C. The molecule has 7 nitrogen and oxygen atoms in total. The van der Waals surface area contributed by atoms with Crippen LogP contribution >= 0.6 is 27.3 Å². The van der Waals surface area contributed by atoms with Crippen LogP contribution in [0.5, 0.6) is 5.75 Å². The van der Waals surface area contributed by atoms with Gasteiger partial charge in [-0.2, -0.15) is 0 Å². The minimum atomic E-state index is -0.511. The predicted octanol–water partition coefficient (Wildman–Crippen LogP) is 7.73. The van der Waals surface area contributed by atoms with Gasteiger partial charge in [0.15, 0.2) is 0 Å². The van der Waals surface area contributed by atoms with Crippen molar-refractivity contribution >= 4 is 49.5 Å². The van der Waals surface area contributed by atoms with E-state index >= 15 is 0 Å². The molecular formula is C32H29BrN2O5S. The number of hydrogen-bond acceptors (Lipinski definition) is 6. The number of para-hydroxylation sites is 1. The van der Waals surface area contributed by atoms with E-state index < -0.39 is 6.09 Å². The molecule has 0 aliphatic heterocycles. The summed E-state index contributed by atoms with van der Waals surface area (Å²) in [6, 6.07) is 27.0. The third-order valence-corrected chi connectivity index (χ3v) is 8.70. The number of amides is 1. The molecule has 0 unspecified atom stereocenters. The molecule has 0 aliphatic rings. The second-order valence-corrected chi connectivity index (χ2v) is 11.0. The molecule has 0 saturated heterocycles. The molecule has 2 N–H and O–H groups in total. The van der Waals surface area contributed by atoms with Gasteiger partial charge in [0.05, 0.1) is 29.1 Å². The molecule has 5 aromatic rings. The average molecular weight is 634 g/mol. The Morgan fingerprint density at radius 2 is 1.66 bits per heavy atom. The van der Waals surface area contributed by atoms with Crippen LogP contribution in [0.1, 0.15) is 20.8 Å². The number of benzene rings is 3. The summed E-state index contributed by atoms with van der Waals surface area (Å²) in [6.45, 7) is 2.34. The molecule has 1 atom stereocenters. The minimum absolute atomic E-state index is 0.189. The Morgan fingerprint density at radius 1 is 0.976 bits per heavy atom. The van der Waals surface area contributed by atoms with Gasteiger partial charge in [-0.1, -0.05) is 88.7 Å². The molecule has 0 radical (unpaired) electrons. The first kappa shape index (κ1) is 28.4. The van der Waals surface area contributed by atoms with Crippen LogP contribution in [-0.4, -0.2) is 42.1 Å². The molecule has 2 aromatic heterocycles. The lowest BCUT2D eigenvalue weighted by Crippen LogP contribution is -2.40. The topological polar surface area (TPSA) is 89.7 Å². The van der Waals surface area contributed by atoms with Crippen LogP contribution in [0.4, 0.5) is 4.79 Å². The zero-order valence-corrected chi connectivity index (χ0v) is 25.0. The summed E-state index contributed by atoms with van der Waals surface area (Å²) >= 11 is 4.89. The van der Waals surface area contributed by atoms with Crippen molar-refractivity contribution in [3.8, 4) is 28.1 Å². The molecule has 41 heavy (non-hydrogen) atoms. The van der Waals surface area contributed by atoms with Crippen molar-refractivity contribution in [2.45, 2.75) is 19.6 Å². The predicted molar refractivity (Wildman–Crippen MR) is 166 cm³/mol. The van der Waals surface area contributed by atoms with Gasteiger partial charge in [0, 0.05) is 16.5 Å². The normalized spacial score (nSPS) is 11.7. The Hall–Kier alpha value is -4.08. The number of alkyl carbamates (subject to hydrolysis) is 1. The first-order chi connectivity index (χ1) is 20.0. The fourth-order valence-corrected chi connectivity index (χ4v) is 6.16. The largest absolute Gasteiger partial charge is 0.491 e. The van der Waals surface area contributed by atoms with E-state index in [-0.39, 0.29) is 25.2 Å². The van der Waals surface area contributed by atoms with Gasteiger partial charge in [-0.3, -0.25) is 0 Å². The Kier molecular flexibility index (Phi) is 9.06. The summed E-state index contributed by atoms with van der Waals surface area (Å²) in [6.07, 6.45) is -0.511. The monoisotopic (exact) mass is 632 g/mol. The van der Waals surface area contributed by atoms with E-state index in [4.69, 9.17) is 14.2 Å². The molecule has 0 bridgehead atoms. The highest BCUT2D eigenvalue weighted by atomic mass is 79.9. The van der Waals surface area contributed by atoms with Crippen molar-refractivity contribution in [1.29, 1.82) is 0 Å². The van der Waals surface area contributed by atoms with Crippen LogP contribution in [0.25, 0.3) is 32.6 Å². The highest BCUT2D eigenvalue weighted by Crippen LogP contribution is 2.46. The zero-order chi connectivity index (χ0) is 28.8. The summed E-state index contributed by atoms with van der Waals surface area (Å²) in [4.78, 5) is 29.0. The van der Waals surface area contributed by atoms with Crippen molar-refractivity contribution < 1.29 is 23.8 Å². The maximum Gasteiger partial charge on any atom is 0.407 e. The van der Waals surface area contributed by atoms with Crippen LogP contribution in [0.15, 0.2) is 84.9 Å². The summed E-state index contributed by atoms with van der Waals surface area (Å²) in [7, 11) is 1.39. The smallest absolute Gasteiger partial charge is 0.407 e. The van der Waals surface area contributed by atoms with Gasteiger partial charge < -0.3 is 24.5 Å². The van der Waals surface area contributed by atoms with Crippen LogP contribution in [-0.2, 0) is 16.1 Å². The number of nitrogens with one attached hydrogen (secondary N) is 2. The average Bonchev–Trinajstić information content (AvgIpc) is 3.55. The number of aromatic nitrogens is 1. The van der Waals surface area contributed by atoms with E-state index in [0.717, 1.165) is 43.7 Å². The number of thiophene rings is 1. The van der Waals surface area contributed by atoms with Crippen molar-refractivity contribution in [2.75, 3.05) is 19.0 Å². The van der Waals surface area contributed by atoms with Gasteiger partial charge >= 0.3 is 12.1 Å². The molecule has 210 valence electrons. The Labute approximate surface area is 250 Å². The number of H-pyrrole nitrogens is 1. The summed E-state index contributed by atoms with van der Waals surface area (Å²) in [5.41, 5.74) is 6.41. The van der Waals surface area contributed by atoms with Gasteiger partial charge in [-0.05, 0) is 35.7 Å². The summed E-state index contributed by atoms with van der Waals surface area (Å²) in [5, 5.41) is 3.35.